The third-order valence-corrected chi connectivity index (χ3v) is 5.02. The van der Waals surface area contributed by atoms with Crippen molar-refractivity contribution in [3.8, 4) is 0 Å². The number of hydrogen-bond acceptors (Lipinski definition) is 6. The number of ether oxygens (including phenoxy) is 2. The van der Waals surface area contributed by atoms with Crippen molar-refractivity contribution >= 4 is 11.6 Å². The molecule has 3 rings (SSSR count). The van der Waals surface area contributed by atoms with Crippen LogP contribution in [0, 0.1) is 5.92 Å². The van der Waals surface area contributed by atoms with E-state index in [0.29, 0.717) is 12.5 Å². The summed E-state index contributed by atoms with van der Waals surface area (Å²) in [5.74, 6) is -1.54. The van der Waals surface area contributed by atoms with Crippen LogP contribution in [0.2, 0.25) is 0 Å². The quantitative estimate of drug-likeness (QED) is 0.431. The molecule has 1 saturated carbocycles. The Labute approximate surface area is 159 Å². The molecule has 2 bridgehead atoms. The second-order valence-corrected chi connectivity index (χ2v) is 7.01. The van der Waals surface area contributed by atoms with E-state index in [9.17, 15) is 27.9 Å². The van der Waals surface area contributed by atoms with Crippen molar-refractivity contribution in [1.82, 2.24) is 4.98 Å². The Morgan fingerprint density at radius 2 is 2.11 bits per heavy atom. The summed E-state index contributed by atoms with van der Waals surface area (Å²) in [6.45, 7) is -0.0182. The molecule has 2 aliphatic carbocycles. The monoisotopic (exact) mass is 399 g/mol. The number of halogens is 3. The zero-order valence-corrected chi connectivity index (χ0v) is 15.2. The van der Waals surface area contributed by atoms with Gasteiger partial charge in [0.1, 0.15) is 11.3 Å². The van der Waals surface area contributed by atoms with Crippen LogP contribution in [0.4, 0.5) is 13.2 Å². The summed E-state index contributed by atoms with van der Waals surface area (Å²) in [7, 11) is 1.45. The average Bonchev–Trinajstić information content (AvgIpc) is 2.98. The van der Waals surface area contributed by atoms with Crippen molar-refractivity contribution in [3.05, 3.63) is 40.7 Å². The molecule has 2 atom stereocenters. The second kappa shape index (κ2) is 7.73. The first kappa shape index (κ1) is 20.6. The zero-order chi connectivity index (χ0) is 20.5. The average molecular weight is 399 g/mol. The number of allylic oxidation sites excluding steroid dienone is 1. The van der Waals surface area contributed by atoms with E-state index in [2.05, 4.69) is 4.98 Å². The van der Waals surface area contributed by atoms with E-state index in [1.54, 1.807) is 0 Å². The van der Waals surface area contributed by atoms with Crippen molar-refractivity contribution in [2.75, 3.05) is 20.3 Å². The molecule has 6 nitrogen and oxygen atoms in total. The lowest BCUT2D eigenvalue weighted by Crippen LogP contribution is -2.41. The highest BCUT2D eigenvalue weighted by Crippen LogP contribution is 2.42. The molecule has 0 saturated heterocycles. The maximum Gasteiger partial charge on any atom is 0.433 e. The van der Waals surface area contributed by atoms with Crippen molar-refractivity contribution < 1.29 is 37.3 Å². The van der Waals surface area contributed by atoms with Crippen molar-refractivity contribution in [2.24, 2.45) is 5.92 Å². The van der Waals surface area contributed by atoms with Gasteiger partial charge < -0.3 is 14.6 Å². The van der Waals surface area contributed by atoms with E-state index in [1.807, 2.05) is 0 Å². The molecule has 152 valence electrons. The first-order valence-corrected chi connectivity index (χ1v) is 8.83. The third-order valence-electron chi connectivity index (χ3n) is 5.02. The smallest absolute Gasteiger partial charge is 0.382 e. The van der Waals surface area contributed by atoms with Crippen LogP contribution in [0.25, 0.3) is 0 Å². The summed E-state index contributed by atoms with van der Waals surface area (Å²) in [6.07, 6.45) is -2.06. The predicted molar refractivity (Wildman–Crippen MR) is 90.5 cm³/mol. The number of methoxy groups -OCH3 is 1. The van der Waals surface area contributed by atoms with Crippen LogP contribution in [-0.2, 0) is 27.1 Å². The zero-order valence-electron chi connectivity index (χ0n) is 15.2. The molecule has 1 fully saturated rings. The molecule has 0 aliphatic heterocycles. The van der Waals surface area contributed by atoms with E-state index in [4.69, 9.17) is 9.47 Å². The number of aliphatic hydroxyl groups is 1. The number of carbonyl (C=O) groups excluding carboxylic acids is 2. The fourth-order valence-electron chi connectivity index (χ4n) is 3.58. The minimum absolute atomic E-state index is 0.103. The van der Waals surface area contributed by atoms with Crippen molar-refractivity contribution in [1.29, 1.82) is 0 Å². The van der Waals surface area contributed by atoms with E-state index in [-0.39, 0.29) is 55.4 Å². The standard InChI is InChI=1S/C19H20F3NO5/c1-27-6-7-28-10-14-12(2-3-15(23-14)19(20,21)22)16(24)13-8-11-4-5-18(26,9-11)17(13)25/h2-3,8,11,26H,4-7,9-10H2,1H3. The summed E-state index contributed by atoms with van der Waals surface area (Å²) < 4.78 is 49.1. The number of alkyl halides is 3. The molecule has 0 radical (unpaired) electrons. The Hall–Kier alpha value is -2.10. The molecule has 1 aromatic rings. The van der Waals surface area contributed by atoms with Gasteiger partial charge in [-0.3, -0.25) is 9.59 Å². The molecule has 9 heteroatoms. The topological polar surface area (TPSA) is 85.7 Å². The summed E-state index contributed by atoms with van der Waals surface area (Å²) in [5, 5.41) is 10.4. The maximum absolute atomic E-state index is 13.0. The molecule has 2 aliphatic rings. The Morgan fingerprint density at radius 3 is 2.79 bits per heavy atom. The van der Waals surface area contributed by atoms with Gasteiger partial charge in [-0.25, -0.2) is 4.98 Å². The summed E-state index contributed by atoms with van der Waals surface area (Å²) in [6, 6.07) is 1.70. The van der Waals surface area contributed by atoms with Gasteiger partial charge in [0.25, 0.3) is 0 Å². The number of carbonyl (C=O) groups is 2. The molecule has 2 unspecified atom stereocenters. The molecular formula is C19H20F3NO5. The number of aromatic nitrogens is 1. The largest absolute Gasteiger partial charge is 0.433 e. The van der Waals surface area contributed by atoms with Crippen LogP contribution < -0.4 is 0 Å². The summed E-state index contributed by atoms with van der Waals surface area (Å²) >= 11 is 0. The second-order valence-electron chi connectivity index (χ2n) is 7.01. The van der Waals surface area contributed by atoms with E-state index in [1.165, 1.54) is 13.2 Å². The minimum atomic E-state index is -4.68. The molecule has 0 aromatic carbocycles. The molecule has 0 spiro atoms. The number of Topliss-reactive ketones (excluding diaryl/α,β-unsaturated/α-hetero) is 2. The van der Waals surface area contributed by atoms with E-state index < -0.39 is 29.0 Å². The number of rotatable bonds is 7. The Bertz CT molecular complexity index is 820. The van der Waals surface area contributed by atoms with Gasteiger partial charge in [-0.1, -0.05) is 6.08 Å². The molecule has 1 heterocycles. The van der Waals surface area contributed by atoms with Crippen LogP contribution in [0.3, 0.4) is 0 Å². The highest BCUT2D eigenvalue weighted by molar-refractivity contribution is 6.29. The fraction of sp³-hybridized carbons (Fsp3) is 0.526. The lowest BCUT2D eigenvalue weighted by atomic mass is 9.81. The van der Waals surface area contributed by atoms with Crippen LogP contribution >= 0.6 is 0 Å². The van der Waals surface area contributed by atoms with Gasteiger partial charge in [0.2, 0.25) is 0 Å². The number of nitrogens with zero attached hydrogens (tertiary/aromatic N) is 1. The van der Waals surface area contributed by atoms with Gasteiger partial charge >= 0.3 is 6.18 Å². The number of fused-ring (bicyclic) bond motifs is 2. The number of pyridine rings is 1. The van der Waals surface area contributed by atoms with Gasteiger partial charge in [-0.15, -0.1) is 0 Å². The number of hydrogen-bond donors (Lipinski definition) is 1. The molecule has 28 heavy (non-hydrogen) atoms. The summed E-state index contributed by atoms with van der Waals surface area (Å²) in [5.41, 5.74) is -3.28. The van der Waals surface area contributed by atoms with Gasteiger partial charge in [0.05, 0.1) is 31.1 Å². The molecule has 1 N–H and O–H groups in total. The lowest BCUT2D eigenvalue weighted by Gasteiger charge is -2.26. The Balaban J connectivity index is 1.93. The van der Waals surface area contributed by atoms with Crippen molar-refractivity contribution in [3.63, 3.8) is 0 Å². The van der Waals surface area contributed by atoms with E-state index in [0.717, 1.165) is 6.07 Å². The lowest BCUT2D eigenvalue weighted by molar-refractivity contribution is -0.141. The predicted octanol–water partition coefficient (Wildman–Crippen LogP) is 2.49. The minimum Gasteiger partial charge on any atom is -0.382 e. The maximum atomic E-state index is 13.0. The van der Waals surface area contributed by atoms with E-state index >= 15 is 0 Å². The number of ketones is 2. The first-order chi connectivity index (χ1) is 13.2. The Morgan fingerprint density at radius 1 is 1.36 bits per heavy atom. The van der Waals surface area contributed by atoms with Crippen LogP contribution in [-0.4, -0.2) is 47.6 Å². The summed E-state index contributed by atoms with van der Waals surface area (Å²) in [4.78, 5) is 29.1. The SMILES string of the molecule is COCCOCc1nc(C(F)(F)F)ccc1C(=O)C1=CC2CCC(O)(C2)C1=O. The highest BCUT2D eigenvalue weighted by Gasteiger charge is 2.49. The molecular weight excluding hydrogens is 379 g/mol. The van der Waals surface area contributed by atoms with Crippen LogP contribution in [0.5, 0.6) is 0 Å². The normalized spacial score (nSPS) is 24.4. The van der Waals surface area contributed by atoms with Gasteiger partial charge in [0, 0.05) is 12.7 Å². The third kappa shape index (κ3) is 4.01. The Kier molecular flexibility index (Phi) is 5.69. The van der Waals surface area contributed by atoms with Gasteiger partial charge in [-0.2, -0.15) is 13.2 Å². The van der Waals surface area contributed by atoms with Crippen molar-refractivity contribution in [2.45, 2.75) is 37.6 Å². The fourth-order valence-corrected chi connectivity index (χ4v) is 3.58. The molecule has 1 aromatic heterocycles. The highest BCUT2D eigenvalue weighted by atomic mass is 19.4. The first-order valence-electron chi connectivity index (χ1n) is 8.83. The van der Waals surface area contributed by atoms with Crippen LogP contribution in [0.1, 0.15) is 41.0 Å². The van der Waals surface area contributed by atoms with Gasteiger partial charge in [-0.05, 0) is 37.3 Å². The molecule has 0 amide bonds. The van der Waals surface area contributed by atoms with Crippen LogP contribution in [0.15, 0.2) is 23.8 Å². The van der Waals surface area contributed by atoms with Gasteiger partial charge in [0.15, 0.2) is 11.6 Å².